The van der Waals surface area contributed by atoms with E-state index >= 15 is 0 Å². The summed E-state index contributed by atoms with van der Waals surface area (Å²) in [5, 5.41) is 6.13. The summed E-state index contributed by atoms with van der Waals surface area (Å²) in [6, 6.07) is 29.7. The zero-order valence-electron chi connectivity index (χ0n) is 20.0. The Morgan fingerprint density at radius 3 is 1.89 bits per heavy atom. The van der Waals surface area contributed by atoms with Crippen molar-refractivity contribution in [1.82, 2.24) is 5.32 Å². The second-order valence-corrected chi connectivity index (χ2v) is 9.93. The summed E-state index contributed by atoms with van der Waals surface area (Å²) >= 11 is 14.0. The van der Waals surface area contributed by atoms with Crippen molar-refractivity contribution in [2.24, 2.45) is 0 Å². The molecule has 0 heterocycles. The van der Waals surface area contributed by atoms with E-state index in [2.05, 4.69) is 10.6 Å². The molecular formula is C30H22Cl2N2O3S. The molecule has 0 aromatic heterocycles. The molecule has 2 amide bonds. The fourth-order valence-corrected chi connectivity index (χ4v) is 4.72. The van der Waals surface area contributed by atoms with E-state index in [0.29, 0.717) is 38.2 Å². The van der Waals surface area contributed by atoms with Gasteiger partial charge in [0.25, 0.3) is 11.8 Å². The normalized spacial score (nSPS) is 11.1. The van der Waals surface area contributed by atoms with Crippen molar-refractivity contribution in [2.75, 3.05) is 11.1 Å². The highest BCUT2D eigenvalue weighted by atomic mass is 35.5. The van der Waals surface area contributed by atoms with Crippen molar-refractivity contribution in [2.45, 2.75) is 4.90 Å². The van der Waals surface area contributed by atoms with E-state index in [1.807, 2.05) is 30.3 Å². The van der Waals surface area contributed by atoms with Gasteiger partial charge >= 0.3 is 0 Å². The SMILES string of the molecule is O=C(Nc1ccc(SCC(=O)c2ccccc2)cc1)/C(=C/c1c(Cl)cccc1Cl)NC(=O)c1ccccc1. The van der Waals surface area contributed by atoms with E-state index in [9.17, 15) is 14.4 Å². The molecule has 0 aliphatic rings. The zero-order chi connectivity index (χ0) is 26.9. The number of ketones is 1. The van der Waals surface area contributed by atoms with Gasteiger partial charge in [-0.15, -0.1) is 11.8 Å². The number of carbonyl (C=O) groups is 3. The molecule has 4 aromatic rings. The van der Waals surface area contributed by atoms with Crippen molar-refractivity contribution >= 4 is 64.3 Å². The highest BCUT2D eigenvalue weighted by Crippen LogP contribution is 2.27. The number of Topliss-reactive ketones (excluding diaryl/α,β-unsaturated/α-hetero) is 1. The van der Waals surface area contributed by atoms with Gasteiger partial charge in [-0.05, 0) is 54.6 Å². The number of thioether (sulfide) groups is 1. The average Bonchev–Trinajstić information content (AvgIpc) is 2.94. The molecule has 4 aromatic carbocycles. The second-order valence-electron chi connectivity index (χ2n) is 8.07. The van der Waals surface area contributed by atoms with Crippen molar-refractivity contribution in [3.8, 4) is 0 Å². The summed E-state index contributed by atoms with van der Waals surface area (Å²) in [7, 11) is 0. The van der Waals surface area contributed by atoms with E-state index in [4.69, 9.17) is 23.2 Å². The fraction of sp³-hybridized carbons (Fsp3) is 0.0333. The van der Waals surface area contributed by atoms with Crippen molar-refractivity contribution in [3.05, 3.63) is 136 Å². The molecule has 8 heteroatoms. The second kappa shape index (κ2) is 13.1. The van der Waals surface area contributed by atoms with Crippen molar-refractivity contribution in [1.29, 1.82) is 0 Å². The molecule has 2 N–H and O–H groups in total. The van der Waals surface area contributed by atoms with Crippen LogP contribution in [0.3, 0.4) is 0 Å². The lowest BCUT2D eigenvalue weighted by Crippen LogP contribution is -2.30. The Morgan fingerprint density at radius 2 is 1.29 bits per heavy atom. The minimum Gasteiger partial charge on any atom is -0.321 e. The first-order valence-corrected chi connectivity index (χ1v) is 13.3. The smallest absolute Gasteiger partial charge is 0.272 e. The summed E-state index contributed by atoms with van der Waals surface area (Å²) in [5.74, 6) is -0.669. The molecule has 0 saturated carbocycles. The van der Waals surface area contributed by atoms with Gasteiger partial charge in [-0.3, -0.25) is 14.4 Å². The summed E-state index contributed by atoms with van der Waals surface area (Å²) in [6.45, 7) is 0. The number of hydrogen-bond donors (Lipinski definition) is 2. The summed E-state index contributed by atoms with van der Waals surface area (Å²) in [4.78, 5) is 39.3. The predicted octanol–water partition coefficient (Wildman–Crippen LogP) is 7.38. The predicted molar refractivity (Wildman–Crippen MR) is 155 cm³/mol. The van der Waals surface area contributed by atoms with Crippen molar-refractivity contribution < 1.29 is 14.4 Å². The number of benzene rings is 4. The molecule has 0 spiro atoms. The van der Waals surface area contributed by atoms with E-state index in [1.54, 1.807) is 72.8 Å². The van der Waals surface area contributed by atoms with Gasteiger partial charge in [-0.25, -0.2) is 0 Å². The lowest BCUT2D eigenvalue weighted by Gasteiger charge is -2.13. The van der Waals surface area contributed by atoms with Crippen LogP contribution >= 0.6 is 35.0 Å². The first kappa shape index (κ1) is 27.2. The Morgan fingerprint density at radius 1 is 0.711 bits per heavy atom. The van der Waals surface area contributed by atoms with Crippen molar-refractivity contribution in [3.63, 3.8) is 0 Å². The molecular weight excluding hydrogens is 539 g/mol. The maximum Gasteiger partial charge on any atom is 0.272 e. The van der Waals surface area contributed by atoms with Gasteiger partial charge in [-0.1, -0.05) is 77.8 Å². The number of halogens is 2. The van der Waals surface area contributed by atoms with Gasteiger partial charge in [0.05, 0.1) is 5.75 Å². The summed E-state index contributed by atoms with van der Waals surface area (Å²) < 4.78 is 0. The first-order valence-electron chi connectivity index (χ1n) is 11.6. The third-order valence-corrected chi connectivity index (χ3v) is 7.07. The Kier molecular flexibility index (Phi) is 9.38. The number of anilines is 1. The quantitative estimate of drug-likeness (QED) is 0.127. The molecule has 0 unspecified atom stereocenters. The zero-order valence-corrected chi connectivity index (χ0v) is 22.3. The standard InChI is InChI=1S/C30H22Cl2N2O3S/c31-25-12-7-13-26(32)24(25)18-27(34-29(36)21-10-5-2-6-11-21)30(37)33-22-14-16-23(17-15-22)38-19-28(35)20-8-3-1-4-9-20/h1-18H,19H2,(H,33,37)(H,34,36)/b27-18-. The molecule has 0 aliphatic heterocycles. The van der Waals surface area contributed by atoms with Crippen LogP contribution in [0.15, 0.2) is 114 Å². The van der Waals surface area contributed by atoms with E-state index in [0.717, 1.165) is 4.90 Å². The Bertz CT molecular complexity index is 1450. The maximum absolute atomic E-state index is 13.2. The molecule has 0 aliphatic carbocycles. The van der Waals surface area contributed by atoms with Gasteiger partial charge in [0.1, 0.15) is 5.70 Å². The van der Waals surface area contributed by atoms with Crippen LogP contribution in [0.1, 0.15) is 26.3 Å². The van der Waals surface area contributed by atoms with Gasteiger partial charge < -0.3 is 10.6 Å². The molecule has 4 rings (SSSR count). The van der Waals surface area contributed by atoms with Crippen LogP contribution in [0.2, 0.25) is 10.0 Å². The Labute approximate surface area is 234 Å². The number of amides is 2. The largest absolute Gasteiger partial charge is 0.321 e. The van der Waals surface area contributed by atoms with Crippen LogP contribution in [0.5, 0.6) is 0 Å². The first-order chi connectivity index (χ1) is 18.4. The van der Waals surface area contributed by atoms with Crippen LogP contribution in [-0.2, 0) is 4.79 Å². The topological polar surface area (TPSA) is 75.3 Å². The van der Waals surface area contributed by atoms with Crippen LogP contribution < -0.4 is 10.6 Å². The average molecular weight is 561 g/mol. The van der Waals surface area contributed by atoms with Crippen LogP contribution in [-0.4, -0.2) is 23.4 Å². The monoisotopic (exact) mass is 560 g/mol. The molecule has 0 bridgehead atoms. The van der Waals surface area contributed by atoms with Gasteiger partial charge in [-0.2, -0.15) is 0 Å². The summed E-state index contributed by atoms with van der Waals surface area (Å²) in [6.07, 6.45) is 1.44. The number of nitrogens with one attached hydrogen (secondary N) is 2. The lowest BCUT2D eigenvalue weighted by molar-refractivity contribution is -0.113. The van der Waals surface area contributed by atoms with Crippen LogP contribution in [0, 0.1) is 0 Å². The number of rotatable bonds is 9. The molecule has 0 atom stereocenters. The molecule has 0 radical (unpaired) electrons. The van der Waals surface area contributed by atoms with E-state index < -0.39 is 11.8 Å². The fourth-order valence-electron chi connectivity index (χ4n) is 3.42. The number of hydrogen-bond acceptors (Lipinski definition) is 4. The lowest BCUT2D eigenvalue weighted by atomic mass is 10.1. The van der Waals surface area contributed by atoms with Gasteiger partial charge in [0.15, 0.2) is 5.78 Å². The maximum atomic E-state index is 13.2. The summed E-state index contributed by atoms with van der Waals surface area (Å²) in [5.41, 5.74) is 1.95. The molecule has 0 saturated heterocycles. The number of carbonyl (C=O) groups excluding carboxylic acids is 3. The molecule has 0 fully saturated rings. The van der Waals surface area contributed by atoms with E-state index in [1.165, 1.54) is 17.8 Å². The molecule has 190 valence electrons. The highest BCUT2D eigenvalue weighted by Gasteiger charge is 2.17. The van der Waals surface area contributed by atoms with Gasteiger partial charge in [0.2, 0.25) is 0 Å². The van der Waals surface area contributed by atoms with Crippen LogP contribution in [0.4, 0.5) is 5.69 Å². The van der Waals surface area contributed by atoms with Gasteiger partial charge in [0, 0.05) is 37.3 Å². The minimum absolute atomic E-state index is 0.0271. The third kappa shape index (κ3) is 7.35. The minimum atomic E-state index is -0.551. The third-order valence-electron chi connectivity index (χ3n) is 5.40. The molecule has 38 heavy (non-hydrogen) atoms. The Balaban J connectivity index is 1.48. The Hall–Kier alpha value is -3.84. The van der Waals surface area contributed by atoms with Crippen LogP contribution in [0.25, 0.3) is 6.08 Å². The highest BCUT2D eigenvalue weighted by molar-refractivity contribution is 8.00. The van der Waals surface area contributed by atoms with E-state index in [-0.39, 0.29) is 11.5 Å². The molecule has 5 nitrogen and oxygen atoms in total.